The zero-order valence-electron chi connectivity index (χ0n) is 15.2. The highest BCUT2D eigenvalue weighted by molar-refractivity contribution is 8.33. The first-order valence-electron chi connectivity index (χ1n) is 8.80. The summed E-state index contributed by atoms with van der Waals surface area (Å²) in [6, 6.07) is 25.9. The molecule has 0 bridgehead atoms. The number of carbonyl (C=O) groups is 1. The molecule has 3 aromatic carbocycles. The Hall–Kier alpha value is -1.74. The van der Waals surface area contributed by atoms with E-state index < -0.39 is 10.0 Å². The minimum Gasteiger partial charge on any atom is -0.299 e. The highest BCUT2D eigenvalue weighted by atomic mass is 35.5. The lowest BCUT2D eigenvalue weighted by Gasteiger charge is -2.36. The van der Waals surface area contributed by atoms with Crippen LogP contribution < -0.4 is 0 Å². The Balaban J connectivity index is 1.84. The molecule has 0 spiro atoms. The Labute approximate surface area is 172 Å². The molecule has 0 saturated heterocycles. The van der Waals surface area contributed by atoms with Gasteiger partial charge < -0.3 is 0 Å². The van der Waals surface area contributed by atoms with Gasteiger partial charge in [-0.15, -0.1) is 0 Å². The standard InChI is InChI=1S/C23H22Cl2OS/c1-27(22-13-8-19(24)9-14-22,23-15-10-20(25)11-16-23)17-21(26)12-7-18-5-3-2-4-6-18/h2-6,8-11,13-16H,7,12,17H2,1H3. The van der Waals surface area contributed by atoms with Crippen LogP contribution in [0.1, 0.15) is 12.0 Å². The Morgan fingerprint density at radius 2 is 1.26 bits per heavy atom. The highest BCUT2D eigenvalue weighted by Crippen LogP contribution is 2.59. The van der Waals surface area contributed by atoms with Gasteiger partial charge in [-0.25, -0.2) is 0 Å². The van der Waals surface area contributed by atoms with Crippen molar-refractivity contribution < 1.29 is 4.79 Å². The van der Waals surface area contributed by atoms with Gasteiger partial charge in [0.15, 0.2) is 0 Å². The maximum atomic E-state index is 12.9. The van der Waals surface area contributed by atoms with E-state index >= 15 is 0 Å². The Bertz CT molecular complexity index is 844. The highest BCUT2D eigenvalue weighted by Gasteiger charge is 2.26. The van der Waals surface area contributed by atoms with Gasteiger partial charge in [0, 0.05) is 22.2 Å². The number of Topliss-reactive ketones (excluding diaryl/α,β-unsaturated/α-hetero) is 1. The van der Waals surface area contributed by atoms with Gasteiger partial charge in [0.05, 0.1) is 0 Å². The number of hydrogen-bond acceptors (Lipinski definition) is 1. The summed E-state index contributed by atoms with van der Waals surface area (Å²) in [5.41, 5.74) is 1.19. The molecule has 140 valence electrons. The van der Waals surface area contributed by atoms with E-state index in [-0.39, 0.29) is 5.78 Å². The average Bonchev–Trinajstić information content (AvgIpc) is 2.68. The summed E-state index contributed by atoms with van der Waals surface area (Å²) in [5, 5.41) is 1.40. The van der Waals surface area contributed by atoms with Crippen molar-refractivity contribution in [3.63, 3.8) is 0 Å². The van der Waals surface area contributed by atoms with Gasteiger partial charge in [-0.05, 0) is 76.6 Å². The van der Waals surface area contributed by atoms with Crippen LogP contribution in [-0.4, -0.2) is 17.8 Å². The molecule has 3 rings (SSSR count). The second-order valence-corrected chi connectivity index (χ2v) is 10.9. The predicted molar refractivity (Wildman–Crippen MR) is 118 cm³/mol. The van der Waals surface area contributed by atoms with E-state index in [0.29, 0.717) is 22.2 Å². The maximum absolute atomic E-state index is 12.9. The molecule has 3 aromatic rings. The third kappa shape index (κ3) is 5.16. The van der Waals surface area contributed by atoms with E-state index in [2.05, 4.69) is 18.4 Å². The van der Waals surface area contributed by atoms with E-state index in [1.807, 2.05) is 66.7 Å². The van der Waals surface area contributed by atoms with Crippen molar-refractivity contribution >= 4 is 39.0 Å². The lowest BCUT2D eigenvalue weighted by atomic mass is 10.1. The summed E-state index contributed by atoms with van der Waals surface area (Å²) in [5.74, 6) is 0.796. The largest absolute Gasteiger partial charge is 0.299 e. The normalized spacial score (nSPS) is 12.0. The molecule has 0 saturated carbocycles. The SMILES string of the molecule is CS(CC(=O)CCc1ccccc1)(c1ccc(Cl)cc1)c1ccc(Cl)cc1. The molecule has 4 heteroatoms. The van der Waals surface area contributed by atoms with E-state index in [0.717, 1.165) is 16.2 Å². The molecule has 0 aliphatic rings. The van der Waals surface area contributed by atoms with E-state index in [1.165, 1.54) is 5.56 Å². The number of benzene rings is 3. The van der Waals surface area contributed by atoms with Crippen LogP contribution in [0.15, 0.2) is 88.7 Å². The van der Waals surface area contributed by atoms with Crippen molar-refractivity contribution in [3.8, 4) is 0 Å². The maximum Gasteiger partial charge on any atom is 0.142 e. The minimum absolute atomic E-state index is 0.279. The fourth-order valence-corrected chi connectivity index (χ4v) is 6.21. The number of aryl methyl sites for hydroxylation is 1. The summed E-state index contributed by atoms with van der Waals surface area (Å²) in [6.45, 7) is 0. The van der Waals surface area contributed by atoms with Gasteiger partial charge in [0.25, 0.3) is 0 Å². The zero-order chi connectivity index (χ0) is 19.3. The number of carbonyl (C=O) groups excluding carboxylic acids is 1. The van der Waals surface area contributed by atoms with Crippen LogP contribution in [-0.2, 0) is 11.2 Å². The van der Waals surface area contributed by atoms with Crippen molar-refractivity contribution in [3.05, 3.63) is 94.5 Å². The number of ketones is 1. The van der Waals surface area contributed by atoms with Gasteiger partial charge >= 0.3 is 0 Å². The monoisotopic (exact) mass is 416 g/mol. The first kappa shape index (κ1) is 20.0. The van der Waals surface area contributed by atoms with Gasteiger partial charge in [-0.3, -0.25) is 4.79 Å². The van der Waals surface area contributed by atoms with Crippen molar-refractivity contribution in [2.45, 2.75) is 22.6 Å². The Morgan fingerprint density at radius 3 is 1.74 bits per heavy atom. The molecule has 0 amide bonds. The first-order chi connectivity index (χ1) is 13.0. The Kier molecular flexibility index (Phi) is 6.64. The molecule has 0 aliphatic heterocycles. The second kappa shape index (κ2) is 8.97. The van der Waals surface area contributed by atoms with Crippen LogP contribution in [0.2, 0.25) is 10.0 Å². The van der Waals surface area contributed by atoms with E-state index in [4.69, 9.17) is 23.2 Å². The molecule has 0 N–H and O–H groups in total. The van der Waals surface area contributed by atoms with Gasteiger partial charge in [-0.1, -0.05) is 53.5 Å². The summed E-state index contributed by atoms with van der Waals surface area (Å²) in [7, 11) is -1.50. The zero-order valence-corrected chi connectivity index (χ0v) is 17.5. The van der Waals surface area contributed by atoms with Crippen molar-refractivity contribution in [1.82, 2.24) is 0 Å². The summed E-state index contributed by atoms with van der Waals surface area (Å²) in [4.78, 5) is 15.2. The van der Waals surface area contributed by atoms with E-state index in [9.17, 15) is 4.79 Å². The van der Waals surface area contributed by atoms with Crippen molar-refractivity contribution in [2.75, 3.05) is 12.0 Å². The Morgan fingerprint density at radius 1 is 0.778 bits per heavy atom. The van der Waals surface area contributed by atoms with Crippen LogP contribution in [0.4, 0.5) is 0 Å². The first-order valence-corrected chi connectivity index (χ1v) is 11.8. The van der Waals surface area contributed by atoms with Crippen LogP contribution in [0.25, 0.3) is 0 Å². The number of rotatable bonds is 7. The van der Waals surface area contributed by atoms with Crippen LogP contribution in [0, 0.1) is 0 Å². The van der Waals surface area contributed by atoms with Crippen LogP contribution in [0.3, 0.4) is 0 Å². The van der Waals surface area contributed by atoms with Crippen LogP contribution >= 0.6 is 33.2 Å². The number of hydrogen-bond donors (Lipinski definition) is 0. The molecule has 0 fully saturated rings. The lowest BCUT2D eigenvalue weighted by molar-refractivity contribution is -0.116. The third-order valence-corrected chi connectivity index (χ3v) is 8.68. The van der Waals surface area contributed by atoms with Gasteiger partial charge in [-0.2, -0.15) is 10.0 Å². The molecule has 0 unspecified atom stereocenters. The summed E-state index contributed by atoms with van der Waals surface area (Å²) < 4.78 is 0. The minimum atomic E-state index is -1.50. The van der Waals surface area contributed by atoms with Crippen molar-refractivity contribution in [1.29, 1.82) is 0 Å². The van der Waals surface area contributed by atoms with E-state index in [1.54, 1.807) is 0 Å². The quantitative estimate of drug-likeness (QED) is 0.403. The molecular formula is C23H22Cl2OS. The fraction of sp³-hybridized carbons (Fsp3) is 0.174. The molecule has 1 nitrogen and oxygen atoms in total. The second-order valence-electron chi connectivity index (χ2n) is 6.66. The lowest BCUT2D eigenvalue weighted by Crippen LogP contribution is -2.15. The van der Waals surface area contributed by atoms with Gasteiger partial charge in [0.1, 0.15) is 5.78 Å². The molecule has 0 heterocycles. The average molecular weight is 417 g/mol. The van der Waals surface area contributed by atoms with Gasteiger partial charge in [0.2, 0.25) is 0 Å². The van der Waals surface area contributed by atoms with Crippen molar-refractivity contribution in [2.24, 2.45) is 0 Å². The molecule has 0 aromatic heterocycles. The van der Waals surface area contributed by atoms with Crippen LogP contribution in [0.5, 0.6) is 0 Å². The third-order valence-electron chi connectivity index (χ3n) is 4.65. The fourth-order valence-electron chi connectivity index (χ4n) is 3.10. The molecule has 0 radical (unpaired) electrons. The molecule has 27 heavy (non-hydrogen) atoms. The molecule has 0 atom stereocenters. The predicted octanol–water partition coefficient (Wildman–Crippen LogP) is 7.05. The summed E-state index contributed by atoms with van der Waals surface area (Å²) in [6.07, 6.45) is 3.52. The number of halogens is 2. The molecular weight excluding hydrogens is 395 g/mol. The summed E-state index contributed by atoms with van der Waals surface area (Å²) >= 11 is 12.2. The molecule has 0 aliphatic carbocycles. The smallest absolute Gasteiger partial charge is 0.142 e. The topological polar surface area (TPSA) is 17.1 Å².